The number of hydrogen-bond acceptors (Lipinski definition) is 7. The Hall–Kier alpha value is -4.33. The van der Waals surface area contributed by atoms with E-state index in [1.165, 1.54) is 12.1 Å². The fourth-order valence-electron chi connectivity index (χ4n) is 5.16. The molecule has 49 heavy (non-hydrogen) atoms. The molecule has 14 heteroatoms. The second-order valence-corrected chi connectivity index (χ2v) is 14.1. The van der Waals surface area contributed by atoms with Crippen molar-refractivity contribution in [2.45, 2.75) is 103 Å². The van der Waals surface area contributed by atoms with E-state index >= 15 is 0 Å². The number of carbonyl (C=O) groups is 4. The molecule has 270 valence electrons. The maximum absolute atomic E-state index is 13.8. The zero-order valence-corrected chi connectivity index (χ0v) is 28.9. The Morgan fingerprint density at radius 2 is 1.45 bits per heavy atom. The first-order valence-corrected chi connectivity index (χ1v) is 16.3. The number of aryl methyl sites for hydroxylation is 1. The van der Waals surface area contributed by atoms with E-state index in [9.17, 15) is 32.3 Å². The van der Waals surface area contributed by atoms with Gasteiger partial charge < -0.3 is 35.6 Å². The van der Waals surface area contributed by atoms with Crippen molar-refractivity contribution in [2.24, 2.45) is 0 Å². The molecule has 1 aliphatic heterocycles. The molecular weight excluding hydrogens is 643 g/mol. The third kappa shape index (κ3) is 14.4. The van der Waals surface area contributed by atoms with E-state index in [1.54, 1.807) is 41.5 Å². The average Bonchev–Trinajstić information content (AvgIpc) is 3.42. The number of anilines is 1. The predicted octanol–water partition coefficient (Wildman–Crippen LogP) is 5.64. The molecule has 2 aromatic carbocycles. The van der Waals surface area contributed by atoms with Crippen molar-refractivity contribution in [2.75, 3.05) is 25.0 Å². The van der Waals surface area contributed by atoms with Crippen molar-refractivity contribution in [3.63, 3.8) is 0 Å². The van der Waals surface area contributed by atoms with E-state index in [1.807, 2.05) is 35.2 Å². The molecule has 3 atom stereocenters. The molecule has 1 fully saturated rings. The Labute approximate surface area is 285 Å². The van der Waals surface area contributed by atoms with Crippen LogP contribution < -0.4 is 21.3 Å². The summed E-state index contributed by atoms with van der Waals surface area (Å²) in [4.78, 5) is 54.3. The van der Waals surface area contributed by atoms with Gasteiger partial charge in [0.15, 0.2) is 0 Å². The molecule has 1 heterocycles. The Bertz CT molecular complexity index is 1430. The van der Waals surface area contributed by atoms with Crippen LogP contribution in [0.25, 0.3) is 0 Å². The standard InChI is InChI=1S/C35H48F3N5O6/c1-33(2,3)48-31(46)40-26-17-19-43(22-26)20-18-28(42-32(47)49-34(4,5)6)30(45)41-27(16-15-23-11-8-7-9-12-23)29(44)39-25-14-10-13-24(21-25)35(36,37)38/h7-14,21,26-28H,15-20,22H2,1-6H3,(H,39,44)(H,40,46)(H,41,45)(H,42,47). The van der Waals surface area contributed by atoms with Crippen LogP contribution in [-0.2, 0) is 31.7 Å². The van der Waals surface area contributed by atoms with Gasteiger partial charge >= 0.3 is 18.4 Å². The summed E-state index contributed by atoms with van der Waals surface area (Å²) in [6, 6.07) is 11.0. The lowest BCUT2D eigenvalue weighted by Crippen LogP contribution is -2.54. The molecule has 1 aliphatic rings. The average molecular weight is 692 g/mol. The van der Waals surface area contributed by atoms with Crippen LogP contribution in [0, 0.1) is 0 Å². The zero-order chi connectivity index (χ0) is 36.4. The third-order valence-corrected chi connectivity index (χ3v) is 7.39. The Morgan fingerprint density at radius 3 is 2.08 bits per heavy atom. The maximum atomic E-state index is 13.8. The lowest BCUT2D eigenvalue weighted by atomic mass is 10.0. The van der Waals surface area contributed by atoms with Crippen LogP contribution in [0.5, 0.6) is 0 Å². The molecule has 3 unspecified atom stereocenters. The van der Waals surface area contributed by atoms with Gasteiger partial charge in [-0.15, -0.1) is 0 Å². The highest BCUT2D eigenvalue weighted by Crippen LogP contribution is 2.30. The van der Waals surface area contributed by atoms with Crippen molar-refractivity contribution in [3.8, 4) is 0 Å². The monoisotopic (exact) mass is 691 g/mol. The first kappa shape index (κ1) is 39.1. The van der Waals surface area contributed by atoms with Gasteiger partial charge in [-0.05, 0) is 91.0 Å². The van der Waals surface area contributed by atoms with E-state index in [0.717, 1.165) is 17.7 Å². The van der Waals surface area contributed by atoms with Gasteiger partial charge in [0.1, 0.15) is 23.3 Å². The summed E-state index contributed by atoms with van der Waals surface area (Å²) in [7, 11) is 0. The SMILES string of the molecule is CC(C)(C)OC(=O)NC1CCN(CCC(NC(=O)OC(C)(C)C)C(=O)NC(CCc2ccccc2)C(=O)Nc2cccc(C(F)(F)F)c2)C1. The molecule has 0 aromatic heterocycles. The van der Waals surface area contributed by atoms with E-state index in [0.29, 0.717) is 32.5 Å². The molecule has 0 bridgehead atoms. The smallest absolute Gasteiger partial charge is 0.416 e. The molecule has 11 nitrogen and oxygen atoms in total. The van der Waals surface area contributed by atoms with E-state index in [4.69, 9.17) is 9.47 Å². The Kier molecular flexibility index (Phi) is 13.5. The Morgan fingerprint density at radius 1 is 0.816 bits per heavy atom. The quantitative estimate of drug-likeness (QED) is 0.226. The molecule has 0 saturated carbocycles. The first-order valence-electron chi connectivity index (χ1n) is 16.3. The first-order chi connectivity index (χ1) is 22.8. The van der Waals surface area contributed by atoms with Crippen LogP contribution in [0.3, 0.4) is 0 Å². The van der Waals surface area contributed by atoms with E-state index < -0.39 is 59.0 Å². The molecule has 4 N–H and O–H groups in total. The van der Waals surface area contributed by atoms with Crippen LogP contribution >= 0.6 is 0 Å². The highest BCUT2D eigenvalue weighted by molar-refractivity contribution is 5.98. The minimum atomic E-state index is -4.61. The lowest BCUT2D eigenvalue weighted by Gasteiger charge is -2.27. The number of ether oxygens (including phenoxy) is 2. The van der Waals surface area contributed by atoms with Crippen LogP contribution in [0.1, 0.15) is 71.9 Å². The third-order valence-electron chi connectivity index (χ3n) is 7.39. The van der Waals surface area contributed by atoms with E-state index in [2.05, 4.69) is 21.3 Å². The van der Waals surface area contributed by atoms with Crippen molar-refractivity contribution in [1.82, 2.24) is 20.9 Å². The number of amides is 4. The molecule has 0 spiro atoms. The number of alkyl carbamates (subject to hydrolysis) is 2. The number of halogens is 3. The second-order valence-electron chi connectivity index (χ2n) is 14.1. The summed E-state index contributed by atoms with van der Waals surface area (Å²) in [6.07, 6.45) is -4.64. The van der Waals surface area contributed by atoms with Gasteiger partial charge in [-0.1, -0.05) is 36.4 Å². The summed E-state index contributed by atoms with van der Waals surface area (Å²) in [5, 5.41) is 10.7. The van der Waals surface area contributed by atoms with Gasteiger partial charge in [0.25, 0.3) is 0 Å². The number of likely N-dealkylation sites (tertiary alicyclic amines) is 1. The number of benzene rings is 2. The summed E-state index contributed by atoms with van der Waals surface area (Å²) in [5.41, 5.74) is -1.60. The molecular formula is C35H48F3N5O6. The van der Waals surface area contributed by atoms with Crippen LogP contribution in [0.2, 0.25) is 0 Å². The van der Waals surface area contributed by atoms with Gasteiger partial charge in [0, 0.05) is 31.4 Å². The largest absolute Gasteiger partial charge is 0.444 e. The van der Waals surface area contributed by atoms with Crippen molar-refractivity contribution < 1.29 is 41.8 Å². The number of nitrogens with zero attached hydrogens (tertiary/aromatic N) is 1. The maximum Gasteiger partial charge on any atom is 0.416 e. The fraction of sp³-hybridized carbons (Fsp3) is 0.543. The van der Waals surface area contributed by atoms with Gasteiger partial charge in [-0.2, -0.15) is 13.2 Å². The van der Waals surface area contributed by atoms with Crippen LogP contribution in [0.4, 0.5) is 28.4 Å². The molecule has 3 rings (SSSR count). The molecule has 4 amide bonds. The van der Waals surface area contributed by atoms with Crippen molar-refractivity contribution in [3.05, 3.63) is 65.7 Å². The van der Waals surface area contributed by atoms with Gasteiger partial charge in [0.2, 0.25) is 11.8 Å². The lowest BCUT2D eigenvalue weighted by molar-refractivity contribution is -0.137. The summed E-state index contributed by atoms with van der Waals surface area (Å²) in [6.45, 7) is 11.9. The van der Waals surface area contributed by atoms with E-state index in [-0.39, 0.29) is 24.6 Å². The molecule has 0 radical (unpaired) electrons. The zero-order valence-electron chi connectivity index (χ0n) is 28.9. The number of carbonyl (C=O) groups excluding carboxylic acids is 4. The summed E-state index contributed by atoms with van der Waals surface area (Å²) >= 11 is 0. The topological polar surface area (TPSA) is 138 Å². The van der Waals surface area contributed by atoms with Crippen LogP contribution in [-0.4, -0.2) is 77.9 Å². The van der Waals surface area contributed by atoms with Gasteiger partial charge in [0.05, 0.1) is 5.56 Å². The highest BCUT2D eigenvalue weighted by atomic mass is 19.4. The molecule has 2 aromatic rings. The van der Waals surface area contributed by atoms with Crippen molar-refractivity contribution >= 4 is 29.7 Å². The molecule has 1 saturated heterocycles. The highest BCUT2D eigenvalue weighted by Gasteiger charge is 2.33. The van der Waals surface area contributed by atoms with Crippen molar-refractivity contribution in [1.29, 1.82) is 0 Å². The fourth-order valence-corrected chi connectivity index (χ4v) is 5.16. The van der Waals surface area contributed by atoms with Crippen LogP contribution in [0.15, 0.2) is 54.6 Å². The minimum absolute atomic E-state index is 0.0780. The summed E-state index contributed by atoms with van der Waals surface area (Å²) in [5.74, 6) is -1.37. The van der Waals surface area contributed by atoms with Gasteiger partial charge in [-0.3, -0.25) is 9.59 Å². The number of hydrogen-bond donors (Lipinski definition) is 4. The molecule has 0 aliphatic carbocycles. The predicted molar refractivity (Wildman–Crippen MR) is 179 cm³/mol. The number of alkyl halides is 3. The normalized spacial score (nSPS) is 16.6. The number of rotatable bonds is 12. The van der Waals surface area contributed by atoms with Gasteiger partial charge in [-0.25, -0.2) is 9.59 Å². The minimum Gasteiger partial charge on any atom is -0.444 e. The second kappa shape index (κ2) is 16.9. The summed E-state index contributed by atoms with van der Waals surface area (Å²) < 4.78 is 50.7. The Balaban J connectivity index is 1.74. The number of nitrogens with one attached hydrogen (secondary N) is 4.